The van der Waals surface area contributed by atoms with Gasteiger partial charge in [0.25, 0.3) is 0 Å². The summed E-state index contributed by atoms with van der Waals surface area (Å²) in [7, 11) is 0. The van der Waals surface area contributed by atoms with E-state index in [0.717, 1.165) is 5.82 Å². The van der Waals surface area contributed by atoms with E-state index in [-0.39, 0.29) is 5.91 Å². The molecule has 1 amide bonds. The van der Waals surface area contributed by atoms with Gasteiger partial charge in [-0.3, -0.25) is 4.79 Å². The van der Waals surface area contributed by atoms with Crippen LogP contribution in [0.4, 0.5) is 5.82 Å². The molecule has 1 N–H and O–H groups in total. The molecular weight excluding hydrogens is 214 g/mol. The molecule has 0 radical (unpaired) electrons. The molecule has 2 rings (SSSR count). The summed E-state index contributed by atoms with van der Waals surface area (Å²) in [6.07, 6.45) is 7.22. The molecule has 1 aromatic heterocycles. The summed E-state index contributed by atoms with van der Waals surface area (Å²) < 4.78 is 1.98. The number of rotatable bonds is 4. The second kappa shape index (κ2) is 5.34. The van der Waals surface area contributed by atoms with Crippen LogP contribution in [0.15, 0.2) is 12.3 Å². The number of aromatic nitrogens is 2. The van der Waals surface area contributed by atoms with Crippen molar-refractivity contribution in [3.63, 3.8) is 0 Å². The summed E-state index contributed by atoms with van der Waals surface area (Å²) in [5, 5.41) is 7.29. The molecule has 1 aliphatic rings. The van der Waals surface area contributed by atoms with Crippen molar-refractivity contribution in [1.82, 2.24) is 9.78 Å². The van der Waals surface area contributed by atoms with Gasteiger partial charge in [0.1, 0.15) is 5.82 Å². The molecule has 1 heterocycles. The van der Waals surface area contributed by atoms with Crippen molar-refractivity contribution < 1.29 is 4.79 Å². The van der Waals surface area contributed by atoms with E-state index in [1.807, 2.05) is 24.6 Å². The highest BCUT2D eigenvalue weighted by Gasteiger charge is 2.20. The summed E-state index contributed by atoms with van der Waals surface area (Å²) in [5.74, 6) is 1.32. The molecule has 0 bridgehead atoms. The van der Waals surface area contributed by atoms with Crippen LogP contribution in [0.3, 0.4) is 0 Å². The molecule has 1 aliphatic carbocycles. The summed E-state index contributed by atoms with van der Waals surface area (Å²) in [4.78, 5) is 11.7. The molecule has 0 spiro atoms. The lowest BCUT2D eigenvalue weighted by Gasteiger charge is -2.15. The summed E-state index contributed by atoms with van der Waals surface area (Å²) in [5.41, 5.74) is 0. The van der Waals surface area contributed by atoms with Crippen LogP contribution in [0.25, 0.3) is 0 Å². The van der Waals surface area contributed by atoms with E-state index in [9.17, 15) is 4.79 Å². The molecule has 94 valence electrons. The topological polar surface area (TPSA) is 46.9 Å². The predicted molar refractivity (Wildman–Crippen MR) is 67.8 cm³/mol. The number of nitrogens with zero attached hydrogens (tertiary/aromatic N) is 2. The molecule has 0 aliphatic heterocycles. The van der Waals surface area contributed by atoms with Gasteiger partial charge in [0, 0.05) is 12.5 Å². The Balaban J connectivity index is 2.01. The molecule has 1 fully saturated rings. The first-order valence-electron chi connectivity index (χ1n) is 6.50. The molecule has 1 saturated carbocycles. The maximum Gasteiger partial charge on any atom is 0.225 e. The minimum Gasteiger partial charge on any atom is -0.311 e. The van der Waals surface area contributed by atoms with E-state index in [1.165, 1.54) is 25.7 Å². The molecule has 1 aromatic rings. The zero-order chi connectivity index (χ0) is 12.3. The van der Waals surface area contributed by atoms with Gasteiger partial charge in [-0.15, -0.1) is 0 Å². The SMILES string of the molecule is CC(C)CC(=O)Nc1ccnn1C1CCCC1. The van der Waals surface area contributed by atoms with Crippen LogP contribution in [-0.2, 0) is 4.79 Å². The second-order valence-electron chi connectivity index (χ2n) is 5.25. The van der Waals surface area contributed by atoms with E-state index >= 15 is 0 Å². The van der Waals surface area contributed by atoms with Gasteiger partial charge >= 0.3 is 0 Å². The Morgan fingerprint density at radius 2 is 2.24 bits per heavy atom. The average molecular weight is 235 g/mol. The van der Waals surface area contributed by atoms with E-state index in [1.54, 1.807) is 6.20 Å². The van der Waals surface area contributed by atoms with E-state index in [4.69, 9.17) is 0 Å². The molecule has 0 saturated heterocycles. The molecule has 17 heavy (non-hydrogen) atoms. The van der Waals surface area contributed by atoms with Crippen molar-refractivity contribution in [2.75, 3.05) is 5.32 Å². The number of amides is 1. The zero-order valence-corrected chi connectivity index (χ0v) is 10.6. The molecule has 0 atom stereocenters. The van der Waals surface area contributed by atoms with Gasteiger partial charge in [-0.05, 0) is 18.8 Å². The molecule has 0 aromatic carbocycles. The third kappa shape index (κ3) is 3.08. The van der Waals surface area contributed by atoms with Crippen molar-refractivity contribution >= 4 is 11.7 Å². The Labute approximate surface area is 102 Å². The first-order valence-corrected chi connectivity index (χ1v) is 6.50. The number of hydrogen-bond donors (Lipinski definition) is 1. The number of nitrogens with one attached hydrogen (secondary N) is 1. The predicted octanol–water partition coefficient (Wildman–Crippen LogP) is 2.98. The normalized spacial score (nSPS) is 16.6. The third-order valence-corrected chi connectivity index (χ3v) is 3.20. The fourth-order valence-corrected chi connectivity index (χ4v) is 2.42. The van der Waals surface area contributed by atoms with Crippen LogP contribution in [0.2, 0.25) is 0 Å². The largest absolute Gasteiger partial charge is 0.311 e. The Hall–Kier alpha value is -1.32. The van der Waals surface area contributed by atoms with Crippen LogP contribution >= 0.6 is 0 Å². The first kappa shape index (κ1) is 12.1. The fraction of sp³-hybridized carbons (Fsp3) is 0.692. The van der Waals surface area contributed by atoms with Gasteiger partial charge in [-0.2, -0.15) is 5.10 Å². The van der Waals surface area contributed by atoms with Crippen molar-refractivity contribution in [1.29, 1.82) is 0 Å². The lowest BCUT2D eigenvalue weighted by molar-refractivity contribution is -0.116. The number of anilines is 1. The van der Waals surface area contributed by atoms with Crippen LogP contribution in [-0.4, -0.2) is 15.7 Å². The number of carbonyl (C=O) groups excluding carboxylic acids is 1. The van der Waals surface area contributed by atoms with Gasteiger partial charge in [-0.1, -0.05) is 26.7 Å². The van der Waals surface area contributed by atoms with Crippen LogP contribution in [0, 0.1) is 5.92 Å². The zero-order valence-electron chi connectivity index (χ0n) is 10.6. The van der Waals surface area contributed by atoms with Crippen molar-refractivity contribution in [2.45, 2.75) is 52.0 Å². The quantitative estimate of drug-likeness (QED) is 0.872. The highest BCUT2D eigenvalue weighted by molar-refractivity contribution is 5.89. The van der Waals surface area contributed by atoms with E-state index in [2.05, 4.69) is 10.4 Å². The Morgan fingerprint density at radius 3 is 2.88 bits per heavy atom. The summed E-state index contributed by atoms with van der Waals surface area (Å²) in [6.45, 7) is 4.10. The van der Waals surface area contributed by atoms with Crippen molar-refractivity contribution in [2.24, 2.45) is 5.92 Å². The third-order valence-electron chi connectivity index (χ3n) is 3.20. The van der Waals surface area contributed by atoms with Gasteiger partial charge in [0.05, 0.1) is 12.2 Å². The van der Waals surface area contributed by atoms with Crippen molar-refractivity contribution in [3.05, 3.63) is 12.3 Å². The first-order chi connectivity index (χ1) is 8.16. The maximum absolute atomic E-state index is 11.7. The monoisotopic (exact) mass is 235 g/mol. The summed E-state index contributed by atoms with van der Waals surface area (Å²) >= 11 is 0. The highest BCUT2D eigenvalue weighted by atomic mass is 16.1. The van der Waals surface area contributed by atoms with Crippen LogP contribution < -0.4 is 5.32 Å². The summed E-state index contributed by atoms with van der Waals surface area (Å²) in [6, 6.07) is 2.36. The molecule has 4 nitrogen and oxygen atoms in total. The molecular formula is C13H21N3O. The van der Waals surface area contributed by atoms with E-state index < -0.39 is 0 Å². The lowest BCUT2D eigenvalue weighted by Crippen LogP contribution is -2.18. The van der Waals surface area contributed by atoms with Crippen LogP contribution in [0.1, 0.15) is 52.0 Å². The number of carbonyl (C=O) groups is 1. The van der Waals surface area contributed by atoms with E-state index in [0.29, 0.717) is 18.4 Å². The smallest absolute Gasteiger partial charge is 0.225 e. The van der Waals surface area contributed by atoms with Gasteiger partial charge in [0.2, 0.25) is 5.91 Å². The average Bonchev–Trinajstić information content (AvgIpc) is 2.84. The standard InChI is InChI=1S/C13H21N3O/c1-10(2)9-13(17)15-12-7-8-14-16(12)11-5-3-4-6-11/h7-8,10-11H,3-6,9H2,1-2H3,(H,15,17). The minimum atomic E-state index is 0.0831. The Kier molecular flexibility index (Phi) is 3.82. The lowest BCUT2D eigenvalue weighted by atomic mass is 10.1. The molecule has 0 unspecified atom stereocenters. The minimum absolute atomic E-state index is 0.0831. The Bertz CT molecular complexity index is 378. The fourth-order valence-electron chi connectivity index (χ4n) is 2.42. The number of hydrogen-bond acceptors (Lipinski definition) is 2. The Morgan fingerprint density at radius 1 is 1.53 bits per heavy atom. The van der Waals surface area contributed by atoms with Gasteiger partial charge in [0.15, 0.2) is 0 Å². The second-order valence-corrected chi connectivity index (χ2v) is 5.25. The van der Waals surface area contributed by atoms with Crippen molar-refractivity contribution in [3.8, 4) is 0 Å². The molecule has 4 heteroatoms. The maximum atomic E-state index is 11.7. The highest BCUT2D eigenvalue weighted by Crippen LogP contribution is 2.31. The van der Waals surface area contributed by atoms with Gasteiger partial charge < -0.3 is 5.32 Å². The van der Waals surface area contributed by atoms with Crippen LogP contribution in [0.5, 0.6) is 0 Å². The van der Waals surface area contributed by atoms with Gasteiger partial charge in [-0.25, -0.2) is 4.68 Å².